The molecule has 1 N–H and O–H groups in total. The summed E-state index contributed by atoms with van der Waals surface area (Å²) in [5, 5.41) is 3.02. The molecule has 5 nitrogen and oxygen atoms in total. The zero-order valence-corrected chi connectivity index (χ0v) is 14.2. The van der Waals surface area contributed by atoms with E-state index in [4.69, 9.17) is 4.74 Å². The summed E-state index contributed by atoms with van der Waals surface area (Å²) >= 11 is 0. The number of carbonyl (C=O) groups is 1. The molecule has 1 fully saturated rings. The van der Waals surface area contributed by atoms with Gasteiger partial charge in [-0.3, -0.25) is 14.7 Å². The molecule has 22 heavy (non-hydrogen) atoms. The van der Waals surface area contributed by atoms with E-state index in [0.29, 0.717) is 12.1 Å². The molecule has 2 rings (SSSR count). The molecule has 122 valence electrons. The predicted molar refractivity (Wildman–Crippen MR) is 87.0 cm³/mol. The van der Waals surface area contributed by atoms with E-state index in [0.717, 1.165) is 18.8 Å². The molecule has 1 amide bonds. The molecule has 5 heteroatoms. The summed E-state index contributed by atoms with van der Waals surface area (Å²) in [6, 6.07) is 3.66. The summed E-state index contributed by atoms with van der Waals surface area (Å²) in [6.07, 6.45) is 2.07. The zero-order valence-electron chi connectivity index (χ0n) is 14.2. The number of amides is 1. The Balaban J connectivity index is 1.94. The highest BCUT2D eigenvalue weighted by Gasteiger charge is 2.33. The minimum absolute atomic E-state index is 0.0741. The fourth-order valence-electron chi connectivity index (χ4n) is 2.78. The van der Waals surface area contributed by atoms with Crippen LogP contribution in [0.25, 0.3) is 0 Å². The van der Waals surface area contributed by atoms with Crippen LogP contribution >= 0.6 is 0 Å². The smallest absolute Gasteiger partial charge is 0.252 e. The lowest BCUT2D eigenvalue weighted by molar-refractivity contribution is -0.0948. The standard InChI is InChI=1S/C17H27N3O2/c1-12-6-7-15(8-18-12)16(21)19-11-17(4,5)20-9-13(2)22-14(3)10-20/h6-8,13-14H,9-11H2,1-5H3,(H,19,21)/t13-,14-/m0/s1. The van der Waals surface area contributed by atoms with Crippen LogP contribution in [0.5, 0.6) is 0 Å². The first kappa shape index (κ1) is 16.9. The second-order valence-corrected chi connectivity index (χ2v) is 6.85. The van der Waals surface area contributed by atoms with Crippen molar-refractivity contribution >= 4 is 5.91 Å². The Morgan fingerprint density at radius 1 is 1.36 bits per heavy atom. The molecule has 0 aliphatic carbocycles. The van der Waals surface area contributed by atoms with Gasteiger partial charge in [0.1, 0.15) is 0 Å². The molecule has 1 aliphatic rings. The maximum atomic E-state index is 12.2. The van der Waals surface area contributed by atoms with Crippen LogP contribution in [0.15, 0.2) is 18.3 Å². The van der Waals surface area contributed by atoms with Crippen molar-refractivity contribution in [1.29, 1.82) is 0 Å². The molecular formula is C17H27N3O2. The number of morpholine rings is 1. The van der Waals surface area contributed by atoms with Crippen molar-refractivity contribution in [2.75, 3.05) is 19.6 Å². The van der Waals surface area contributed by atoms with Crippen LogP contribution in [0, 0.1) is 6.92 Å². The van der Waals surface area contributed by atoms with Gasteiger partial charge in [-0.25, -0.2) is 0 Å². The van der Waals surface area contributed by atoms with E-state index in [1.54, 1.807) is 6.20 Å². The summed E-state index contributed by atoms with van der Waals surface area (Å²) < 4.78 is 5.78. The molecular weight excluding hydrogens is 278 g/mol. The predicted octanol–water partition coefficient (Wildman–Crippen LogP) is 2.01. The van der Waals surface area contributed by atoms with Gasteiger partial charge in [-0.05, 0) is 46.8 Å². The first-order chi connectivity index (χ1) is 10.3. The maximum absolute atomic E-state index is 12.2. The molecule has 0 radical (unpaired) electrons. The summed E-state index contributed by atoms with van der Waals surface area (Å²) in [6.45, 7) is 12.8. The van der Waals surface area contributed by atoms with Crippen molar-refractivity contribution in [3.8, 4) is 0 Å². The normalized spacial score (nSPS) is 23.3. The molecule has 1 aromatic heterocycles. The third kappa shape index (κ3) is 4.27. The van der Waals surface area contributed by atoms with Gasteiger partial charge in [-0.1, -0.05) is 0 Å². The Hall–Kier alpha value is -1.46. The lowest BCUT2D eigenvalue weighted by Gasteiger charge is -2.45. The van der Waals surface area contributed by atoms with Gasteiger partial charge in [0.15, 0.2) is 0 Å². The van der Waals surface area contributed by atoms with Crippen LogP contribution in [0.2, 0.25) is 0 Å². The molecule has 1 saturated heterocycles. The van der Waals surface area contributed by atoms with Gasteiger partial charge in [-0.15, -0.1) is 0 Å². The highest BCUT2D eigenvalue weighted by Crippen LogP contribution is 2.20. The van der Waals surface area contributed by atoms with Crippen LogP contribution in [0.4, 0.5) is 0 Å². The first-order valence-electron chi connectivity index (χ1n) is 7.89. The van der Waals surface area contributed by atoms with Crippen LogP contribution in [0.3, 0.4) is 0 Å². The van der Waals surface area contributed by atoms with Gasteiger partial charge in [0, 0.05) is 37.1 Å². The zero-order chi connectivity index (χ0) is 16.3. The fourth-order valence-corrected chi connectivity index (χ4v) is 2.78. The van der Waals surface area contributed by atoms with Crippen molar-refractivity contribution in [3.05, 3.63) is 29.6 Å². The Labute approximate surface area is 133 Å². The Morgan fingerprint density at radius 3 is 2.55 bits per heavy atom. The molecule has 2 heterocycles. The van der Waals surface area contributed by atoms with E-state index < -0.39 is 0 Å². The molecule has 1 aromatic rings. The second-order valence-electron chi connectivity index (χ2n) is 6.85. The third-order valence-electron chi connectivity index (χ3n) is 4.13. The molecule has 2 atom stereocenters. The topological polar surface area (TPSA) is 54.5 Å². The first-order valence-corrected chi connectivity index (χ1v) is 7.89. The number of aromatic nitrogens is 1. The van der Waals surface area contributed by atoms with Crippen molar-refractivity contribution < 1.29 is 9.53 Å². The van der Waals surface area contributed by atoms with E-state index in [-0.39, 0.29) is 23.7 Å². The van der Waals surface area contributed by atoms with E-state index in [1.165, 1.54) is 0 Å². The number of hydrogen-bond donors (Lipinski definition) is 1. The van der Waals surface area contributed by atoms with E-state index >= 15 is 0 Å². The number of rotatable bonds is 4. The molecule has 0 saturated carbocycles. The van der Waals surface area contributed by atoms with E-state index in [9.17, 15) is 4.79 Å². The summed E-state index contributed by atoms with van der Waals surface area (Å²) in [7, 11) is 0. The van der Waals surface area contributed by atoms with Crippen LogP contribution < -0.4 is 5.32 Å². The van der Waals surface area contributed by atoms with E-state index in [2.05, 4.69) is 42.9 Å². The van der Waals surface area contributed by atoms with Gasteiger partial charge < -0.3 is 10.1 Å². The number of ether oxygens (including phenoxy) is 1. The van der Waals surface area contributed by atoms with Crippen LogP contribution in [0.1, 0.15) is 43.7 Å². The van der Waals surface area contributed by atoms with Gasteiger partial charge >= 0.3 is 0 Å². The highest BCUT2D eigenvalue weighted by atomic mass is 16.5. The monoisotopic (exact) mass is 305 g/mol. The van der Waals surface area contributed by atoms with Gasteiger partial charge in [0.2, 0.25) is 0 Å². The van der Waals surface area contributed by atoms with Crippen LogP contribution in [-0.4, -0.2) is 53.2 Å². The van der Waals surface area contributed by atoms with Gasteiger partial charge in [0.05, 0.1) is 17.8 Å². The number of hydrogen-bond acceptors (Lipinski definition) is 4. The van der Waals surface area contributed by atoms with E-state index in [1.807, 2.05) is 19.1 Å². The summed E-state index contributed by atoms with van der Waals surface area (Å²) in [5.74, 6) is -0.0741. The maximum Gasteiger partial charge on any atom is 0.252 e. The number of nitrogens with one attached hydrogen (secondary N) is 1. The third-order valence-corrected chi connectivity index (χ3v) is 4.13. The molecule has 0 spiro atoms. The quantitative estimate of drug-likeness (QED) is 0.924. The minimum atomic E-state index is -0.111. The largest absolute Gasteiger partial charge is 0.373 e. The average molecular weight is 305 g/mol. The van der Waals surface area contributed by atoms with Gasteiger partial charge in [-0.2, -0.15) is 0 Å². The number of carbonyl (C=O) groups excluding carboxylic acids is 1. The lowest BCUT2D eigenvalue weighted by atomic mass is 10.00. The average Bonchev–Trinajstić information content (AvgIpc) is 2.44. The van der Waals surface area contributed by atoms with Crippen LogP contribution in [-0.2, 0) is 4.74 Å². The molecule has 0 unspecified atom stereocenters. The van der Waals surface area contributed by atoms with Crippen molar-refractivity contribution in [2.24, 2.45) is 0 Å². The SMILES string of the molecule is Cc1ccc(C(=O)NCC(C)(C)N2C[C@H](C)O[C@@H](C)C2)cn1. The lowest BCUT2D eigenvalue weighted by Crippen LogP contribution is -2.58. The number of pyridine rings is 1. The second kappa shape index (κ2) is 6.75. The molecule has 1 aliphatic heterocycles. The van der Waals surface area contributed by atoms with Crippen molar-refractivity contribution in [2.45, 2.75) is 52.4 Å². The summed E-state index contributed by atoms with van der Waals surface area (Å²) in [5.41, 5.74) is 1.40. The highest BCUT2D eigenvalue weighted by molar-refractivity contribution is 5.93. The fraction of sp³-hybridized carbons (Fsp3) is 0.647. The molecule has 0 aromatic carbocycles. The van der Waals surface area contributed by atoms with Crippen molar-refractivity contribution in [1.82, 2.24) is 15.2 Å². The minimum Gasteiger partial charge on any atom is -0.373 e. The Bertz CT molecular complexity index is 503. The Morgan fingerprint density at radius 2 is 2.00 bits per heavy atom. The number of nitrogens with zero attached hydrogens (tertiary/aromatic N) is 2. The van der Waals surface area contributed by atoms with Crippen molar-refractivity contribution in [3.63, 3.8) is 0 Å². The Kier molecular flexibility index (Phi) is 5.19. The summed E-state index contributed by atoms with van der Waals surface area (Å²) in [4.78, 5) is 18.8. The van der Waals surface area contributed by atoms with Gasteiger partial charge in [0.25, 0.3) is 5.91 Å². The molecule has 0 bridgehead atoms. The number of aryl methyl sites for hydroxylation is 1.